The van der Waals surface area contributed by atoms with E-state index in [4.69, 9.17) is 9.84 Å². The number of nitrogens with zero attached hydrogens (tertiary/aromatic N) is 1. The maximum atomic E-state index is 12.3. The van der Waals surface area contributed by atoms with Crippen LogP contribution in [0.15, 0.2) is 24.3 Å². The van der Waals surface area contributed by atoms with Gasteiger partial charge >= 0.3 is 0 Å². The van der Waals surface area contributed by atoms with E-state index >= 15 is 0 Å². The highest BCUT2D eigenvalue weighted by Crippen LogP contribution is 2.25. The van der Waals surface area contributed by atoms with Gasteiger partial charge in [-0.25, -0.2) is 0 Å². The Morgan fingerprint density at radius 2 is 2.26 bits per heavy atom. The molecule has 1 fully saturated rings. The number of carbonyl (C=O) groups is 1. The molecule has 0 radical (unpaired) electrons. The molecule has 1 aliphatic carbocycles. The second-order valence-corrected chi connectivity index (χ2v) is 4.93. The molecule has 0 atom stereocenters. The first kappa shape index (κ1) is 14.0. The summed E-state index contributed by atoms with van der Waals surface area (Å²) in [5, 5.41) is 9.10. The monoisotopic (exact) mass is 263 g/mol. The van der Waals surface area contributed by atoms with E-state index in [1.807, 2.05) is 18.2 Å². The third kappa shape index (κ3) is 3.55. The van der Waals surface area contributed by atoms with Gasteiger partial charge in [0.1, 0.15) is 5.75 Å². The molecule has 19 heavy (non-hydrogen) atoms. The molecule has 0 bridgehead atoms. The lowest BCUT2D eigenvalue weighted by molar-refractivity contribution is 0.0747. The second-order valence-electron chi connectivity index (χ2n) is 4.93. The Morgan fingerprint density at radius 1 is 1.47 bits per heavy atom. The molecule has 0 unspecified atom stereocenters. The predicted molar refractivity (Wildman–Crippen MR) is 73.6 cm³/mol. The summed E-state index contributed by atoms with van der Waals surface area (Å²) < 4.78 is 5.13. The van der Waals surface area contributed by atoms with Gasteiger partial charge in [0, 0.05) is 18.2 Å². The van der Waals surface area contributed by atoms with Gasteiger partial charge in [-0.15, -0.1) is 0 Å². The smallest absolute Gasteiger partial charge is 0.176 e. The van der Waals surface area contributed by atoms with Gasteiger partial charge in [0.05, 0.1) is 20.3 Å². The number of Topliss-reactive ketones (excluding diaryl/α,β-unsaturated/α-hetero) is 1. The number of hydrogen-bond acceptors (Lipinski definition) is 4. The topological polar surface area (TPSA) is 49.8 Å². The molecule has 4 nitrogen and oxygen atoms in total. The fourth-order valence-corrected chi connectivity index (χ4v) is 2.34. The Kier molecular flexibility index (Phi) is 4.93. The third-order valence-electron chi connectivity index (χ3n) is 3.72. The number of hydrogen-bond donors (Lipinski definition) is 1. The van der Waals surface area contributed by atoms with Gasteiger partial charge < -0.3 is 9.84 Å². The number of aliphatic hydroxyl groups is 1. The summed E-state index contributed by atoms with van der Waals surface area (Å²) in [6.45, 7) is 1.04. The van der Waals surface area contributed by atoms with Gasteiger partial charge in [0.15, 0.2) is 5.78 Å². The summed E-state index contributed by atoms with van der Waals surface area (Å²) in [5.74, 6) is 0.780. The van der Waals surface area contributed by atoms with Crippen molar-refractivity contribution in [2.45, 2.75) is 25.3 Å². The van der Waals surface area contributed by atoms with Crippen molar-refractivity contribution in [2.75, 3.05) is 26.8 Å². The Balaban J connectivity index is 2.01. The van der Waals surface area contributed by atoms with Crippen molar-refractivity contribution in [2.24, 2.45) is 0 Å². The second kappa shape index (κ2) is 6.68. The molecule has 0 heterocycles. The Bertz CT molecular complexity index is 429. The predicted octanol–water partition coefficient (Wildman–Crippen LogP) is 1.72. The highest BCUT2D eigenvalue weighted by atomic mass is 16.5. The van der Waals surface area contributed by atoms with Crippen LogP contribution in [0.25, 0.3) is 0 Å². The lowest BCUT2D eigenvalue weighted by Crippen LogP contribution is -2.44. The molecule has 1 aromatic rings. The molecular formula is C15H21NO3. The molecular weight excluding hydrogens is 242 g/mol. The molecule has 104 valence electrons. The molecule has 0 spiro atoms. The Hall–Kier alpha value is -1.39. The average Bonchev–Trinajstić information content (AvgIpc) is 2.37. The minimum atomic E-state index is 0.0826. The van der Waals surface area contributed by atoms with Crippen molar-refractivity contribution in [3.63, 3.8) is 0 Å². The van der Waals surface area contributed by atoms with E-state index in [0.717, 1.165) is 12.8 Å². The van der Waals surface area contributed by atoms with Crippen molar-refractivity contribution in [1.29, 1.82) is 0 Å². The molecule has 4 heteroatoms. The molecule has 2 rings (SSSR count). The minimum Gasteiger partial charge on any atom is -0.497 e. The fraction of sp³-hybridized carbons (Fsp3) is 0.533. The van der Waals surface area contributed by atoms with Gasteiger partial charge in [-0.2, -0.15) is 0 Å². The number of rotatable bonds is 7. The van der Waals surface area contributed by atoms with Gasteiger partial charge in [-0.1, -0.05) is 18.6 Å². The number of benzene rings is 1. The fourth-order valence-electron chi connectivity index (χ4n) is 2.34. The molecule has 0 aliphatic heterocycles. The first-order chi connectivity index (χ1) is 9.24. The molecule has 0 amide bonds. The van der Waals surface area contributed by atoms with Crippen molar-refractivity contribution >= 4 is 5.78 Å². The number of carbonyl (C=O) groups excluding carboxylic acids is 1. The van der Waals surface area contributed by atoms with Crippen LogP contribution in [0.2, 0.25) is 0 Å². The van der Waals surface area contributed by atoms with Crippen LogP contribution in [0.4, 0.5) is 0 Å². The maximum absolute atomic E-state index is 12.3. The van der Waals surface area contributed by atoms with Crippen LogP contribution in [0.1, 0.15) is 29.6 Å². The van der Waals surface area contributed by atoms with Crippen LogP contribution < -0.4 is 4.74 Å². The number of aliphatic hydroxyl groups excluding tert-OH is 1. The van der Waals surface area contributed by atoms with E-state index in [1.54, 1.807) is 13.2 Å². The minimum absolute atomic E-state index is 0.0826. The lowest BCUT2D eigenvalue weighted by atomic mass is 9.91. The number of ketones is 1. The zero-order valence-electron chi connectivity index (χ0n) is 11.3. The summed E-state index contributed by atoms with van der Waals surface area (Å²) in [6.07, 6.45) is 3.48. The lowest BCUT2D eigenvalue weighted by Gasteiger charge is -2.36. The maximum Gasteiger partial charge on any atom is 0.176 e. The van der Waals surface area contributed by atoms with Crippen LogP contribution in [0.3, 0.4) is 0 Å². The summed E-state index contributed by atoms with van der Waals surface area (Å²) >= 11 is 0. The molecule has 0 saturated heterocycles. The number of methoxy groups -OCH3 is 1. The van der Waals surface area contributed by atoms with Crippen molar-refractivity contribution < 1.29 is 14.6 Å². The van der Waals surface area contributed by atoms with E-state index < -0.39 is 0 Å². The van der Waals surface area contributed by atoms with Crippen LogP contribution >= 0.6 is 0 Å². The normalized spacial score (nSPS) is 15.3. The van der Waals surface area contributed by atoms with Crippen LogP contribution in [0, 0.1) is 0 Å². The highest BCUT2D eigenvalue weighted by molar-refractivity contribution is 5.98. The zero-order chi connectivity index (χ0) is 13.7. The summed E-state index contributed by atoms with van der Waals surface area (Å²) in [5.41, 5.74) is 0.668. The van der Waals surface area contributed by atoms with Gasteiger partial charge in [-0.3, -0.25) is 9.69 Å². The van der Waals surface area contributed by atoms with Crippen LogP contribution in [0.5, 0.6) is 5.75 Å². The largest absolute Gasteiger partial charge is 0.497 e. The van der Waals surface area contributed by atoms with Gasteiger partial charge in [-0.05, 0) is 25.0 Å². The standard InChI is InChI=1S/C15H21NO3/c1-19-14-7-2-4-12(10-14)15(18)11-16(8-9-17)13-5-3-6-13/h2,4,7,10,13,17H,3,5-6,8-9,11H2,1H3. The van der Waals surface area contributed by atoms with E-state index in [1.165, 1.54) is 6.42 Å². The van der Waals surface area contributed by atoms with Gasteiger partial charge in [0.25, 0.3) is 0 Å². The summed E-state index contributed by atoms with van der Waals surface area (Å²) in [6, 6.07) is 7.69. The van der Waals surface area contributed by atoms with Crippen LogP contribution in [-0.2, 0) is 0 Å². The van der Waals surface area contributed by atoms with Crippen molar-refractivity contribution in [1.82, 2.24) is 4.90 Å². The molecule has 1 aliphatic rings. The quantitative estimate of drug-likeness (QED) is 0.761. The SMILES string of the molecule is COc1cccc(C(=O)CN(CCO)C2CCC2)c1. The Labute approximate surface area is 114 Å². The average molecular weight is 263 g/mol. The van der Waals surface area contributed by atoms with E-state index in [9.17, 15) is 4.79 Å². The van der Waals surface area contributed by atoms with Crippen molar-refractivity contribution in [3.05, 3.63) is 29.8 Å². The highest BCUT2D eigenvalue weighted by Gasteiger charge is 2.26. The molecule has 1 N–H and O–H groups in total. The molecule has 0 aromatic heterocycles. The van der Waals surface area contributed by atoms with E-state index in [0.29, 0.717) is 30.4 Å². The van der Waals surface area contributed by atoms with Crippen LogP contribution in [-0.4, -0.2) is 48.6 Å². The molecule has 1 aromatic carbocycles. The Morgan fingerprint density at radius 3 is 2.84 bits per heavy atom. The van der Waals surface area contributed by atoms with E-state index in [2.05, 4.69) is 4.90 Å². The third-order valence-corrected chi connectivity index (χ3v) is 3.72. The zero-order valence-corrected chi connectivity index (χ0v) is 11.3. The number of ether oxygens (including phenoxy) is 1. The molecule has 1 saturated carbocycles. The summed E-state index contributed by atoms with van der Waals surface area (Å²) in [7, 11) is 1.59. The van der Waals surface area contributed by atoms with Crippen molar-refractivity contribution in [3.8, 4) is 5.75 Å². The first-order valence-electron chi connectivity index (χ1n) is 6.76. The summed E-state index contributed by atoms with van der Waals surface area (Å²) in [4.78, 5) is 14.4. The first-order valence-corrected chi connectivity index (χ1v) is 6.76. The van der Waals surface area contributed by atoms with Gasteiger partial charge in [0.2, 0.25) is 0 Å². The van der Waals surface area contributed by atoms with E-state index in [-0.39, 0.29) is 12.4 Å².